The predicted molar refractivity (Wildman–Crippen MR) is 132 cm³/mol. The number of amides is 1. The summed E-state index contributed by atoms with van der Waals surface area (Å²) >= 11 is 0. The van der Waals surface area contributed by atoms with Crippen LogP contribution in [0.25, 0.3) is 0 Å². The number of sulfonamides is 1. The van der Waals surface area contributed by atoms with Gasteiger partial charge in [0.2, 0.25) is 0 Å². The van der Waals surface area contributed by atoms with E-state index >= 15 is 0 Å². The van der Waals surface area contributed by atoms with Crippen LogP contribution in [0.5, 0.6) is 0 Å². The van der Waals surface area contributed by atoms with Crippen molar-refractivity contribution in [3.8, 4) is 0 Å². The van der Waals surface area contributed by atoms with Crippen LogP contribution in [0.2, 0.25) is 0 Å². The molecule has 1 amide bonds. The van der Waals surface area contributed by atoms with E-state index < -0.39 is 10.0 Å². The van der Waals surface area contributed by atoms with Crippen LogP contribution in [-0.4, -0.2) is 38.9 Å². The summed E-state index contributed by atoms with van der Waals surface area (Å²) in [6.45, 7) is 6.02. The first-order chi connectivity index (χ1) is 16.3. The third-order valence-electron chi connectivity index (χ3n) is 6.19. The Morgan fingerprint density at radius 3 is 2.44 bits per heavy atom. The van der Waals surface area contributed by atoms with Crippen LogP contribution in [0.3, 0.4) is 0 Å². The number of furan rings is 1. The number of carbonyl (C=O) groups excluding carboxylic acids is 1. The first kappa shape index (κ1) is 24.0. The van der Waals surface area contributed by atoms with Gasteiger partial charge in [0.15, 0.2) is 0 Å². The van der Waals surface area contributed by atoms with E-state index in [1.54, 1.807) is 49.6 Å². The lowest BCUT2D eigenvalue weighted by Gasteiger charge is -2.33. The van der Waals surface area contributed by atoms with Gasteiger partial charge in [-0.2, -0.15) is 0 Å². The average Bonchev–Trinajstić information content (AvgIpc) is 3.36. The van der Waals surface area contributed by atoms with Gasteiger partial charge in [0.25, 0.3) is 15.9 Å². The molecule has 1 atom stereocenters. The molecule has 2 heterocycles. The summed E-state index contributed by atoms with van der Waals surface area (Å²) in [4.78, 5) is 15.4. The molecule has 1 aliphatic heterocycles. The average molecular weight is 482 g/mol. The van der Waals surface area contributed by atoms with Gasteiger partial charge in [-0.3, -0.25) is 14.4 Å². The minimum atomic E-state index is -3.73. The molecule has 7 nitrogen and oxygen atoms in total. The van der Waals surface area contributed by atoms with Crippen LogP contribution in [0, 0.1) is 13.8 Å². The van der Waals surface area contributed by atoms with E-state index in [1.165, 1.54) is 6.42 Å². The van der Waals surface area contributed by atoms with E-state index in [9.17, 15) is 13.2 Å². The lowest BCUT2D eigenvalue weighted by Crippen LogP contribution is -2.40. The Balaban J connectivity index is 1.41. The minimum absolute atomic E-state index is 0.0112. The van der Waals surface area contributed by atoms with Crippen LogP contribution in [0.1, 0.15) is 52.5 Å². The van der Waals surface area contributed by atoms with Crippen LogP contribution in [-0.2, 0) is 10.0 Å². The number of hydrogen-bond donors (Lipinski definition) is 2. The topological polar surface area (TPSA) is 91.6 Å². The largest absolute Gasteiger partial charge is 0.468 e. The Labute approximate surface area is 201 Å². The van der Waals surface area contributed by atoms with Crippen LogP contribution >= 0.6 is 0 Å². The van der Waals surface area contributed by atoms with Gasteiger partial charge >= 0.3 is 0 Å². The molecule has 0 aliphatic carbocycles. The van der Waals surface area contributed by atoms with Crippen LogP contribution < -0.4 is 10.0 Å². The molecule has 8 heteroatoms. The number of nitrogens with one attached hydrogen (secondary N) is 2. The number of nitrogens with zero attached hydrogens (tertiary/aromatic N) is 1. The zero-order chi connectivity index (χ0) is 24.1. The Morgan fingerprint density at radius 1 is 1.03 bits per heavy atom. The molecule has 3 aromatic rings. The zero-order valence-electron chi connectivity index (χ0n) is 19.6. The van der Waals surface area contributed by atoms with Crippen molar-refractivity contribution in [3.63, 3.8) is 0 Å². The molecule has 1 aromatic heterocycles. The predicted octanol–water partition coefficient (Wildman–Crippen LogP) is 4.65. The lowest BCUT2D eigenvalue weighted by atomic mass is 10.1. The summed E-state index contributed by atoms with van der Waals surface area (Å²) in [6.07, 6.45) is 5.18. The zero-order valence-corrected chi connectivity index (χ0v) is 20.4. The second-order valence-electron chi connectivity index (χ2n) is 8.79. The minimum Gasteiger partial charge on any atom is -0.468 e. The van der Waals surface area contributed by atoms with Gasteiger partial charge in [-0.1, -0.05) is 18.6 Å². The van der Waals surface area contributed by atoms with Crippen molar-refractivity contribution >= 4 is 21.6 Å². The van der Waals surface area contributed by atoms with Gasteiger partial charge in [0.05, 0.1) is 17.2 Å². The number of carbonyl (C=O) groups is 1. The number of aryl methyl sites for hydroxylation is 2. The van der Waals surface area contributed by atoms with Gasteiger partial charge in [-0.05, 0) is 93.4 Å². The van der Waals surface area contributed by atoms with Gasteiger partial charge in [0, 0.05) is 17.8 Å². The molecule has 2 aromatic carbocycles. The summed E-state index contributed by atoms with van der Waals surface area (Å²) in [5, 5.41) is 3.01. The molecule has 0 saturated carbocycles. The van der Waals surface area contributed by atoms with E-state index in [4.69, 9.17) is 4.42 Å². The van der Waals surface area contributed by atoms with E-state index in [2.05, 4.69) is 14.9 Å². The second-order valence-corrected chi connectivity index (χ2v) is 10.4. The van der Waals surface area contributed by atoms with E-state index in [0.29, 0.717) is 23.4 Å². The number of hydrogen-bond acceptors (Lipinski definition) is 5. The molecule has 1 fully saturated rings. The molecule has 0 spiro atoms. The highest BCUT2D eigenvalue weighted by Crippen LogP contribution is 2.25. The fourth-order valence-electron chi connectivity index (χ4n) is 4.31. The maximum Gasteiger partial charge on any atom is 0.262 e. The summed E-state index contributed by atoms with van der Waals surface area (Å²) < 4.78 is 33.9. The Hall–Kier alpha value is -3.10. The third-order valence-corrected chi connectivity index (χ3v) is 7.71. The number of likely N-dealkylation sites (tertiary alicyclic amines) is 1. The van der Waals surface area contributed by atoms with Gasteiger partial charge < -0.3 is 9.73 Å². The van der Waals surface area contributed by atoms with Crippen molar-refractivity contribution in [3.05, 3.63) is 83.3 Å². The van der Waals surface area contributed by atoms with Crippen LogP contribution in [0.15, 0.2) is 70.2 Å². The molecule has 0 bridgehead atoms. The van der Waals surface area contributed by atoms with E-state index in [0.717, 1.165) is 37.3 Å². The van der Waals surface area contributed by atoms with E-state index in [-0.39, 0.29) is 16.8 Å². The molecule has 0 unspecified atom stereocenters. The molecule has 1 saturated heterocycles. The third kappa shape index (κ3) is 5.69. The Kier molecular flexibility index (Phi) is 7.38. The SMILES string of the molecule is Cc1ccc(C)c(S(=O)(=O)Nc2ccc(C(=O)NC[C@H](c3ccco3)N3CCCCC3)cc2)c1. The maximum absolute atomic E-state index is 12.8. The Bertz CT molecular complexity index is 1220. The van der Waals surface area contributed by atoms with E-state index in [1.807, 2.05) is 25.1 Å². The first-order valence-corrected chi connectivity index (χ1v) is 13.1. The monoisotopic (exact) mass is 481 g/mol. The standard InChI is InChI=1S/C26H31N3O4S/c1-19-8-9-20(2)25(17-19)34(31,32)28-22-12-10-21(11-13-22)26(30)27-18-23(24-7-6-16-33-24)29-14-4-3-5-15-29/h6-13,16-17,23,28H,3-5,14-15,18H2,1-2H3,(H,27,30)/t23-/m1/s1. The highest BCUT2D eigenvalue weighted by molar-refractivity contribution is 7.92. The molecule has 34 heavy (non-hydrogen) atoms. The number of benzene rings is 2. The molecular formula is C26H31N3O4S. The van der Waals surface area contributed by atoms with Crippen LogP contribution in [0.4, 0.5) is 5.69 Å². The first-order valence-electron chi connectivity index (χ1n) is 11.6. The molecule has 4 rings (SSSR count). The second kappa shape index (κ2) is 10.4. The summed E-state index contributed by atoms with van der Waals surface area (Å²) in [5.41, 5.74) is 2.41. The number of anilines is 1. The van der Waals surface area contributed by atoms with Crippen molar-refractivity contribution in [1.29, 1.82) is 0 Å². The summed E-state index contributed by atoms with van der Waals surface area (Å²) in [5.74, 6) is 0.635. The maximum atomic E-state index is 12.8. The normalized spacial score (nSPS) is 15.6. The lowest BCUT2D eigenvalue weighted by molar-refractivity contribution is 0.0914. The van der Waals surface area contributed by atoms with Crippen molar-refractivity contribution in [1.82, 2.24) is 10.2 Å². The highest BCUT2D eigenvalue weighted by Gasteiger charge is 2.25. The molecule has 0 radical (unpaired) electrons. The van der Waals surface area contributed by atoms with Crippen molar-refractivity contribution in [2.24, 2.45) is 0 Å². The van der Waals surface area contributed by atoms with Gasteiger partial charge in [-0.25, -0.2) is 8.42 Å². The summed E-state index contributed by atoms with van der Waals surface area (Å²) in [7, 11) is -3.73. The van der Waals surface area contributed by atoms with Crippen molar-refractivity contribution < 1.29 is 17.6 Å². The molecule has 1 aliphatic rings. The van der Waals surface area contributed by atoms with Gasteiger partial charge in [-0.15, -0.1) is 0 Å². The molecule has 180 valence electrons. The quantitative estimate of drug-likeness (QED) is 0.489. The number of piperidine rings is 1. The van der Waals surface area contributed by atoms with Gasteiger partial charge in [0.1, 0.15) is 5.76 Å². The molecule has 2 N–H and O–H groups in total. The fourth-order valence-corrected chi connectivity index (χ4v) is 5.70. The number of rotatable bonds is 8. The summed E-state index contributed by atoms with van der Waals surface area (Å²) in [6, 6.07) is 15.6. The highest BCUT2D eigenvalue weighted by atomic mass is 32.2. The molecular weight excluding hydrogens is 450 g/mol. The fraction of sp³-hybridized carbons (Fsp3) is 0.346. The smallest absolute Gasteiger partial charge is 0.262 e. The Morgan fingerprint density at radius 2 is 1.76 bits per heavy atom. The van der Waals surface area contributed by atoms with Crippen molar-refractivity contribution in [2.75, 3.05) is 24.4 Å². The van der Waals surface area contributed by atoms with Crippen molar-refractivity contribution in [2.45, 2.75) is 44.0 Å².